The molecule has 2 aliphatic heterocycles. The van der Waals surface area contributed by atoms with Crippen molar-refractivity contribution < 1.29 is 57.7 Å². The highest BCUT2D eigenvalue weighted by Gasteiger charge is 2.46. The first-order chi connectivity index (χ1) is 28.5. The molecule has 18 heteroatoms. The summed E-state index contributed by atoms with van der Waals surface area (Å²) < 4.78 is 17.0. The highest BCUT2D eigenvalue weighted by molar-refractivity contribution is 6.38. The number of benzene rings is 2. The Morgan fingerprint density at radius 1 is 0.917 bits per heavy atom. The molecule has 0 radical (unpaired) electrons. The van der Waals surface area contributed by atoms with Crippen molar-refractivity contribution in [1.82, 2.24) is 26.2 Å². The fourth-order valence-electron chi connectivity index (χ4n) is 7.91. The number of carboxylic acid groups (broad SMARTS) is 1. The lowest BCUT2D eigenvalue weighted by Gasteiger charge is -2.35. The van der Waals surface area contributed by atoms with Crippen molar-refractivity contribution in [2.75, 3.05) is 19.9 Å². The Hall–Kier alpha value is -6.04. The summed E-state index contributed by atoms with van der Waals surface area (Å²) in [7, 11) is 0. The van der Waals surface area contributed by atoms with Gasteiger partial charge >= 0.3 is 5.97 Å². The molecule has 2 heterocycles. The maximum atomic E-state index is 14.7. The lowest BCUT2D eigenvalue weighted by atomic mass is 9.83. The van der Waals surface area contributed by atoms with Crippen LogP contribution >= 0.6 is 0 Å². The van der Waals surface area contributed by atoms with Crippen LogP contribution in [-0.2, 0) is 33.5 Å². The Balaban J connectivity index is 1.30. The van der Waals surface area contributed by atoms with Crippen LogP contribution in [0.5, 0.6) is 11.5 Å². The number of Topliss-reactive ketones (excluding diaryl/α,β-unsaturated/α-hetero) is 1. The molecule has 0 aromatic heterocycles. The quantitative estimate of drug-likeness (QED) is 0.125. The topological polar surface area (TPSA) is 262 Å². The van der Waals surface area contributed by atoms with Gasteiger partial charge in [0.25, 0.3) is 11.8 Å². The first kappa shape index (κ1) is 45.1. The fraction of sp³-hybridized carbons (Fsp3) is 0.524. The highest BCUT2D eigenvalue weighted by atomic mass is 16.7. The Kier molecular flexibility index (Phi) is 14.9. The van der Waals surface area contributed by atoms with Gasteiger partial charge in [-0.15, -0.1) is 0 Å². The Labute approximate surface area is 347 Å². The standard InChI is InChI=1S/C42H54N6O12/c1-5-12-28(34(50)39(54)44-20-31(49)46-33(36(43)51)27-17-11-18-30-35(27)59-22-58-30)45-38(53)29-19-24(60-42(2,3)4)21-48(29)40(55)32(23-13-7-6-8-14-23)47-37(52)25-15-9-10-16-26(25)41(56)57/h9-11,15-18,23-24,28-29,32-33H,5-8,12-14,19-22H2,1-4H3,(H2,43,51)(H,44,54)(H,45,53)(H,46,49)(H,47,52)(H,56,57)/t24-,28?,29+,32+,33?/m1/s1. The molecule has 3 aliphatic rings. The van der Waals surface area contributed by atoms with Crippen molar-refractivity contribution >= 4 is 47.2 Å². The smallest absolute Gasteiger partial charge is 0.336 e. The van der Waals surface area contributed by atoms with Crippen LogP contribution in [0.15, 0.2) is 42.5 Å². The predicted molar refractivity (Wildman–Crippen MR) is 213 cm³/mol. The molecule has 6 amide bonds. The number of primary amides is 1. The van der Waals surface area contributed by atoms with Crippen LogP contribution in [0.3, 0.4) is 0 Å². The monoisotopic (exact) mass is 834 g/mol. The minimum absolute atomic E-state index is 0.0157. The number of carbonyl (C=O) groups is 8. The summed E-state index contributed by atoms with van der Waals surface area (Å²) >= 11 is 0. The molecule has 2 aromatic carbocycles. The van der Waals surface area contributed by atoms with Gasteiger partial charge in [-0.1, -0.05) is 56.9 Å². The first-order valence-electron chi connectivity index (χ1n) is 20.2. The van der Waals surface area contributed by atoms with E-state index in [-0.39, 0.29) is 54.5 Å². The van der Waals surface area contributed by atoms with E-state index in [1.807, 2.05) is 20.8 Å². The van der Waals surface area contributed by atoms with Gasteiger partial charge in [-0.3, -0.25) is 33.6 Å². The molecule has 0 spiro atoms. The van der Waals surface area contributed by atoms with Crippen LogP contribution < -0.4 is 36.5 Å². The van der Waals surface area contributed by atoms with E-state index in [0.29, 0.717) is 25.0 Å². The number of ketones is 1. The van der Waals surface area contributed by atoms with Gasteiger partial charge in [0.2, 0.25) is 36.2 Å². The molecule has 1 saturated carbocycles. The average molecular weight is 835 g/mol. The minimum atomic E-state index is -1.34. The number of fused-ring (bicyclic) bond motifs is 1. The van der Waals surface area contributed by atoms with E-state index in [4.69, 9.17) is 19.9 Å². The molecule has 1 aliphatic carbocycles. The van der Waals surface area contributed by atoms with Crippen molar-refractivity contribution in [3.8, 4) is 11.5 Å². The molecule has 5 atom stereocenters. The van der Waals surface area contributed by atoms with Crippen LogP contribution in [0.4, 0.5) is 0 Å². The van der Waals surface area contributed by atoms with Gasteiger partial charge in [0, 0.05) is 18.5 Å². The molecule has 60 heavy (non-hydrogen) atoms. The number of hydrogen-bond acceptors (Lipinski definition) is 11. The van der Waals surface area contributed by atoms with Crippen LogP contribution in [-0.4, -0.2) is 107 Å². The Bertz CT molecular complexity index is 1980. The van der Waals surface area contributed by atoms with Crippen LogP contribution in [0.2, 0.25) is 0 Å². The Morgan fingerprint density at radius 2 is 1.62 bits per heavy atom. The van der Waals surface area contributed by atoms with E-state index < -0.39 is 89.6 Å². The van der Waals surface area contributed by atoms with Gasteiger partial charge in [0.15, 0.2) is 11.5 Å². The number of carboxylic acids is 1. The summed E-state index contributed by atoms with van der Waals surface area (Å²) in [4.78, 5) is 108. The molecule has 0 bridgehead atoms. The van der Waals surface area contributed by atoms with Crippen LogP contribution in [0, 0.1) is 5.92 Å². The minimum Gasteiger partial charge on any atom is -0.478 e. The maximum absolute atomic E-state index is 14.7. The average Bonchev–Trinajstić information content (AvgIpc) is 3.87. The van der Waals surface area contributed by atoms with E-state index in [1.165, 1.54) is 35.2 Å². The van der Waals surface area contributed by atoms with E-state index in [9.17, 15) is 43.5 Å². The molecule has 2 aromatic rings. The molecule has 1 saturated heterocycles. The lowest BCUT2D eigenvalue weighted by Crippen LogP contribution is -2.58. The summed E-state index contributed by atoms with van der Waals surface area (Å²) in [5.74, 6) is -7.02. The van der Waals surface area contributed by atoms with Crippen molar-refractivity contribution in [3.05, 3.63) is 59.2 Å². The van der Waals surface area contributed by atoms with E-state index in [2.05, 4.69) is 21.3 Å². The largest absolute Gasteiger partial charge is 0.478 e. The maximum Gasteiger partial charge on any atom is 0.336 e. The number of amides is 6. The second kappa shape index (κ2) is 19.8. The van der Waals surface area contributed by atoms with Gasteiger partial charge in [0.05, 0.1) is 35.4 Å². The molecule has 324 valence electrons. The number of aromatic carboxylic acids is 1. The van der Waals surface area contributed by atoms with Crippen molar-refractivity contribution in [3.63, 3.8) is 0 Å². The summed E-state index contributed by atoms with van der Waals surface area (Å²) in [6.45, 7) is 6.42. The number of likely N-dealkylation sites (tertiary alicyclic amines) is 1. The summed E-state index contributed by atoms with van der Waals surface area (Å²) in [6, 6.07) is 5.46. The number of para-hydroxylation sites is 1. The zero-order valence-electron chi connectivity index (χ0n) is 34.2. The normalized spacial score (nSPS) is 19.0. The SMILES string of the molecule is CCCC(NC(=O)[C@@H]1C[C@@H](OC(C)(C)C)CN1C(=O)[C@@H](NC(=O)c1ccccc1C(=O)O)C1CCCCC1)C(=O)C(=O)NCC(=O)NC(C(N)=O)c1cccc2c1OCO2. The molecule has 18 nitrogen and oxygen atoms in total. The van der Waals surface area contributed by atoms with Crippen molar-refractivity contribution in [2.45, 2.75) is 115 Å². The molecule has 7 N–H and O–H groups in total. The van der Waals surface area contributed by atoms with Gasteiger partial charge in [-0.05, 0) is 64.2 Å². The molecular weight excluding hydrogens is 780 g/mol. The van der Waals surface area contributed by atoms with E-state index >= 15 is 0 Å². The summed E-state index contributed by atoms with van der Waals surface area (Å²) in [5.41, 5.74) is 4.81. The number of nitrogens with one attached hydrogen (secondary N) is 4. The predicted octanol–water partition coefficient (Wildman–Crippen LogP) is 1.89. The molecular formula is C42H54N6O12. The van der Waals surface area contributed by atoms with Gasteiger partial charge in [-0.25, -0.2) is 4.79 Å². The lowest BCUT2D eigenvalue weighted by molar-refractivity contribution is -0.143. The second-order valence-electron chi connectivity index (χ2n) is 16.2. The van der Waals surface area contributed by atoms with Gasteiger partial charge in [-0.2, -0.15) is 0 Å². The number of rotatable bonds is 17. The zero-order chi connectivity index (χ0) is 43.7. The Morgan fingerprint density at radius 3 is 2.27 bits per heavy atom. The number of carbonyl (C=O) groups excluding carboxylic acids is 7. The van der Waals surface area contributed by atoms with Crippen LogP contribution in [0.1, 0.15) is 111 Å². The van der Waals surface area contributed by atoms with E-state index in [1.54, 1.807) is 19.1 Å². The molecule has 5 rings (SSSR count). The molecule has 2 fully saturated rings. The summed E-state index contributed by atoms with van der Waals surface area (Å²) in [6.07, 6.45) is 3.65. The number of nitrogens with two attached hydrogens (primary N) is 1. The summed E-state index contributed by atoms with van der Waals surface area (Å²) in [5, 5.41) is 19.9. The van der Waals surface area contributed by atoms with E-state index in [0.717, 1.165) is 19.3 Å². The first-order valence-corrected chi connectivity index (χ1v) is 20.2. The third-order valence-electron chi connectivity index (χ3n) is 10.6. The second-order valence-corrected chi connectivity index (χ2v) is 16.2. The third kappa shape index (κ3) is 11.2. The highest BCUT2D eigenvalue weighted by Crippen LogP contribution is 2.38. The number of hydrogen-bond donors (Lipinski definition) is 6. The van der Waals surface area contributed by atoms with Crippen LogP contribution in [0.25, 0.3) is 0 Å². The number of nitrogens with zero attached hydrogens (tertiary/aromatic N) is 1. The third-order valence-corrected chi connectivity index (χ3v) is 10.6. The number of ether oxygens (including phenoxy) is 3. The van der Waals surface area contributed by atoms with Gasteiger partial charge in [0.1, 0.15) is 18.1 Å². The van der Waals surface area contributed by atoms with Gasteiger partial charge < -0.3 is 51.2 Å². The van der Waals surface area contributed by atoms with Crippen molar-refractivity contribution in [2.24, 2.45) is 11.7 Å². The van der Waals surface area contributed by atoms with Crippen molar-refractivity contribution in [1.29, 1.82) is 0 Å². The molecule has 2 unspecified atom stereocenters. The zero-order valence-corrected chi connectivity index (χ0v) is 34.2. The fourth-order valence-corrected chi connectivity index (χ4v) is 7.91.